The molecule has 0 atom stereocenters. The molecule has 0 saturated carbocycles. The predicted molar refractivity (Wildman–Crippen MR) is 109 cm³/mol. The first-order valence-corrected chi connectivity index (χ1v) is 7.57. The number of ether oxygens (including phenoxy) is 3. The Morgan fingerprint density at radius 1 is 1.21 bits per heavy atom. The Hall–Kier alpha value is -1.26. The summed E-state index contributed by atoms with van der Waals surface area (Å²) in [5.74, 6) is 1.76. The zero-order valence-electron chi connectivity index (χ0n) is 14.9. The van der Waals surface area contributed by atoms with Gasteiger partial charge in [0, 0.05) is 26.3 Å². The number of guanidine groups is 1. The molecule has 0 bridgehead atoms. The smallest absolute Gasteiger partial charge is 0.193 e. The molecular weight excluding hydrogens is 423 g/mol. The van der Waals surface area contributed by atoms with E-state index in [1.165, 1.54) is 0 Å². The summed E-state index contributed by atoms with van der Waals surface area (Å²) in [6.07, 6.45) is 0.928. The minimum absolute atomic E-state index is 0. The van der Waals surface area contributed by atoms with Crippen LogP contribution in [0.25, 0.3) is 0 Å². The van der Waals surface area contributed by atoms with Crippen LogP contribution < -0.4 is 20.5 Å². The topological polar surface area (TPSA) is 81.3 Å². The van der Waals surface area contributed by atoms with E-state index in [0.717, 1.165) is 37.6 Å². The fourth-order valence-corrected chi connectivity index (χ4v) is 1.99. The average Bonchev–Trinajstić information content (AvgIpc) is 2.56. The number of methoxy groups -OCH3 is 3. The zero-order valence-corrected chi connectivity index (χ0v) is 17.2. The summed E-state index contributed by atoms with van der Waals surface area (Å²) in [6, 6.07) is 5.46. The Balaban J connectivity index is 0.00000529. The second kappa shape index (κ2) is 13.1. The highest BCUT2D eigenvalue weighted by Crippen LogP contribution is 2.28. The third-order valence-electron chi connectivity index (χ3n) is 3.33. The lowest BCUT2D eigenvalue weighted by Gasteiger charge is -2.15. The van der Waals surface area contributed by atoms with Crippen LogP contribution >= 0.6 is 24.0 Å². The van der Waals surface area contributed by atoms with Gasteiger partial charge in [-0.05, 0) is 32.1 Å². The van der Waals surface area contributed by atoms with Gasteiger partial charge in [-0.3, -0.25) is 4.99 Å². The number of hydrogen-bond acceptors (Lipinski definition) is 5. The van der Waals surface area contributed by atoms with Crippen molar-refractivity contribution in [1.82, 2.24) is 4.90 Å². The van der Waals surface area contributed by atoms with Gasteiger partial charge in [0.1, 0.15) is 11.5 Å². The summed E-state index contributed by atoms with van der Waals surface area (Å²) < 4.78 is 15.5. The SMILES string of the molecule is COCCN(C)CCCN=C(N)Nc1cc(OC)ccc1OC.I. The van der Waals surface area contributed by atoms with E-state index in [4.69, 9.17) is 19.9 Å². The number of aliphatic imine (C=N–C) groups is 1. The maximum Gasteiger partial charge on any atom is 0.193 e. The lowest BCUT2D eigenvalue weighted by atomic mass is 10.2. The Morgan fingerprint density at radius 3 is 2.58 bits per heavy atom. The molecule has 0 heterocycles. The molecule has 0 spiro atoms. The predicted octanol–water partition coefficient (Wildman–Crippen LogP) is 2.02. The highest BCUT2D eigenvalue weighted by molar-refractivity contribution is 14.0. The summed E-state index contributed by atoms with van der Waals surface area (Å²) in [5.41, 5.74) is 6.65. The van der Waals surface area contributed by atoms with E-state index in [1.54, 1.807) is 21.3 Å². The third-order valence-corrected chi connectivity index (χ3v) is 3.33. The van der Waals surface area contributed by atoms with Crippen LogP contribution in [0, 0.1) is 0 Å². The van der Waals surface area contributed by atoms with Crippen molar-refractivity contribution >= 4 is 35.6 Å². The van der Waals surface area contributed by atoms with Crippen LogP contribution in [-0.2, 0) is 4.74 Å². The zero-order chi connectivity index (χ0) is 17.1. The lowest BCUT2D eigenvalue weighted by Crippen LogP contribution is -2.26. The Morgan fingerprint density at radius 2 is 1.96 bits per heavy atom. The van der Waals surface area contributed by atoms with Crippen molar-refractivity contribution in [2.24, 2.45) is 10.7 Å². The highest BCUT2D eigenvalue weighted by atomic mass is 127. The van der Waals surface area contributed by atoms with Crippen molar-refractivity contribution in [3.63, 3.8) is 0 Å². The highest BCUT2D eigenvalue weighted by Gasteiger charge is 2.06. The monoisotopic (exact) mass is 452 g/mol. The van der Waals surface area contributed by atoms with Gasteiger partial charge in [0.15, 0.2) is 5.96 Å². The van der Waals surface area contributed by atoms with Crippen molar-refractivity contribution in [2.75, 3.05) is 59.9 Å². The first-order valence-electron chi connectivity index (χ1n) is 7.57. The van der Waals surface area contributed by atoms with Crippen LogP contribution in [-0.4, -0.2) is 65.5 Å². The van der Waals surface area contributed by atoms with Gasteiger partial charge >= 0.3 is 0 Å². The molecule has 0 amide bonds. The molecule has 0 aromatic heterocycles. The Bertz CT molecular complexity index is 500. The van der Waals surface area contributed by atoms with Gasteiger partial charge in [0.2, 0.25) is 0 Å². The largest absolute Gasteiger partial charge is 0.497 e. The van der Waals surface area contributed by atoms with E-state index in [2.05, 4.69) is 22.3 Å². The van der Waals surface area contributed by atoms with Crippen LogP contribution in [0.5, 0.6) is 11.5 Å². The van der Waals surface area contributed by atoms with Gasteiger partial charge in [-0.25, -0.2) is 0 Å². The summed E-state index contributed by atoms with van der Waals surface area (Å²) in [7, 11) is 6.99. The number of halogens is 1. The van der Waals surface area contributed by atoms with Gasteiger partial charge in [-0.15, -0.1) is 24.0 Å². The quantitative estimate of drug-likeness (QED) is 0.245. The first kappa shape index (κ1) is 22.7. The van der Waals surface area contributed by atoms with Crippen molar-refractivity contribution < 1.29 is 14.2 Å². The lowest BCUT2D eigenvalue weighted by molar-refractivity contribution is 0.161. The van der Waals surface area contributed by atoms with Crippen molar-refractivity contribution in [2.45, 2.75) is 6.42 Å². The van der Waals surface area contributed by atoms with Crippen LogP contribution in [0.1, 0.15) is 6.42 Å². The van der Waals surface area contributed by atoms with Gasteiger partial charge in [0.25, 0.3) is 0 Å². The van der Waals surface area contributed by atoms with Crippen LogP contribution in [0.4, 0.5) is 5.69 Å². The number of benzene rings is 1. The molecule has 0 saturated heterocycles. The minimum Gasteiger partial charge on any atom is -0.497 e. The van der Waals surface area contributed by atoms with Crippen LogP contribution in [0.2, 0.25) is 0 Å². The van der Waals surface area contributed by atoms with Crippen molar-refractivity contribution in [3.8, 4) is 11.5 Å². The van der Waals surface area contributed by atoms with Gasteiger partial charge in [-0.1, -0.05) is 0 Å². The fraction of sp³-hybridized carbons (Fsp3) is 0.562. The van der Waals surface area contributed by atoms with Gasteiger partial charge in [0.05, 0.1) is 26.5 Å². The van der Waals surface area contributed by atoms with Crippen molar-refractivity contribution in [3.05, 3.63) is 18.2 Å². The Labute approximate surface area is 161 Å². The molecule has 1 rings (SSSR count). The molecule has 138 valence electrons. The number of anilines is 1. The molecule has 0 aliphatic rings. The standard InChI is InChI=1S/C16H28N4O3.HI/c1-20(10-11-21-2)9-5-8-18-16(17)19-14-12-13(22-3)6-7-15(14)23-4;/h6-7,12H,5,8-11H2,1-4H3,(H3,17,18,19);1H. The summed E-state index contributed by atoms with van der Waals surface area (Å²) in [6.45, 7) is 3.25. The molecule has 3 N–H and O–H groups in total. The molecule has 0 fully saturated rings. The van der Waals surface area contributed by atoms with Crippen LogP contribution in [0.15, 0.2) is 23.2 Å². The van der Waals surface area contributed by atoms with Crippen LogP contribution in [0.3, 0.4) is 0 Å². The van der Waals surface area contributed by atoms with E-state index in [9.17, 15) is 0 Å². The van der Waals surface area contributed by atoms with Gasteiger partial charge in [-0.2, -0.15) is 0 Å². The summed E-state index contributed by atoms with van der Waals surface area (Å²) in [5, 5.41) is 3.05. The van der Waals surface area contributed by atoms with E-state index in [0.29, 0.717) is 18.3 Å². The number of rotatable bonds is 10. The summed E-state index contributed by atoms with van der Waals surface area (Å²) >= 11 is 0. The average molecular weight is 452 g/mol. The molecule has 0 aliphatic carbocycles. The van der Waals surface area contributed by atoms with Gasteiger partial charge < -0.3 is 30.2 Å². The van der Waals surface area contributed by atoms with E-state index in [-0.39, 0.29) is 24.0 Å². The molecular formula is C16H29IN4O3. The maximum atomic E-state index is 5.93. The molecule has 0 radical (unpaired) electrons. The molecule has 7 nitrogen and oxygen atoms in total. The molecule has 0 unspecified atom stereocenters. The second-order valence-electron chi connectivity index (χ2n) is 5.11. The molecule has 0 aliphatic heterocycles. The molecule has 1 aromatic carbocycles. The Kier molecular flexibility index (Phi) is 12.4. The van der Waals surface area contributed by atoms with E-state index >= 15 is 0 Å². The molecule has 1 aromatic rings. The maximum absolute atomic E-state index is 5.93. The second-order valence-corrected chi connectivity index (χ2v) is 5.11. The third kappa shape index (κ3) is 8.55. The number of nitrogens with two attached hydrogens (primary N) is 1. The van der Waals surface area contributed by atoms with E-state index in [1.807, 2.05) is 18.2 Å². The van der Waals surface area contributed by atoms with E-state index < -0.39 is 0 Å². The molecule has 8 heteroatoms. The number of nitrogens with zero attached hydrogens (tertiary/aromatic N) is 2. The fourth-order valence-electron chi connectivity index (χ4n) is 1.99. The minimum atomic E-state index is 0. The molecule has 24 heavy (non-hydrogen) atoms. The number of hydrogen-bond donors (Lipinski definition) is 2. The summed E-state index contributed by atoms with van der Waals surface area (Å²) in [4.78, 5) is 6.53. The number of likely N-dealkylation sites (N-methyl/N-ethyl adjacent to an activating group) is 1. The first-order chi connectivity index (χ1) is 11.1. The normalized spacial score (nSPS) is 11.1. The van der Waals surface area contributed by atoms with Crippen molar-refractivity contribution in [1.29, 1.82) is 0 Å². The number of nitrogens with one attached hydrogen (secondary N) is 1.